The minimum Gasteiger partial charge on any atom is -0.406 e. The van der Waals surface area contributed by atoms with Gasteiger partial charge in [-0.15, -0.1) is 13.2 Å². The van der Waals surface area contributed by atoms with Crippen LogP contribution in [0.2, 0.25) is 0 Å². The molecule has 0 fully saturated rings. The van der Waals surface area contributed by atoms with Crippen LogP contribution in [0, 0.1) is 5.92 Å². The number of nitrogens with one attached hydrogen (secondary N) is 1. The first-order valence-corrected chi connectivity index (χ1v) is 7.15. The zero-order valence-electron chi connectivity index (χ0n) is 12.2. The lowest BCUT2D eigenvalue weighted by molar-refractivity contribution is -0.274. The lowest BCUT2D eigenvalue weighted by atomic mass is 10.0. The molecule has 2 rings (SSSR count). The minimum atomic E-state index is -4.70. The maximum absolute atomic E-state index is 12.1. The van der Waals surface area contributed by atoms with Gasteiger partial charge in [-0.3, -0.25) is 4.79 Å². The predicted octanol–water partition coefficient (Wildman–Crippen LogP) is 4.12. The van der Waals surface area contributed by atoms with Gasteiger partial charge in [0.05, 0.1) is 6.04 Å². The number of amides is 1. The molecule has 1 aromatic rings. The highest BCUT2D eigenvalue weighted by Gasteiger charge is 2.31. The van der Waals surface area contributed by atoms with E-state index in [0.717, 1.165) is 18.4 Å². The van der Waals surface area contributed by atoms with Gasteiger partial charge in [0.15, 0.2) is 0 Å². The van der Waals surface area contributed by atoms with Crippen molar-refractivity contribution in [1.29, 1.82) is 0 Å². The Labute approximate surface area is 127 Å². The number of ether oxygens (including phenoxy) is 1. The second-order valence-corrected chi connectivity index (χ2v) is 5.38. The van der Waals surface area contributed by atoms with Crippen molar-refractivity contribution in [1.82, 2.24) is 5.32 Å². The summed E-state index contributed by atoms with van der Waals surface area (Å²) in [4.78, 5) is 11.9. The van der Waals surface area contributed by atoms with Crippen LogP contribution in [0.5, 0.6) is 5.75 Å². The molecule has 0 aromatic heterocycles. The van der Waals surface area contributed by atoms with Crippen molar-refractivity contribution < 1.29 is 22.7 Å². The Hall–Kier alpha value is -1.98. The largest absolute Gasteiger partial charge is 0.573 e. The van der Waals surface area contributed by atoms with Crippen LogP contribution in [0.25, 0.3) is 0 Å². The molecule has 1 N–H and O–H groups in total. The molecule has 3 nitrogen and oxygen atoms in total. The molecule has 2 atom stereocenters. The zero-order chi connectivity index (χ0) is 16.2. The number of carbonyl (C=O) groups excluding carboxylic acids is 1. The van der Waals surface area contributed by atoms with Crippen LogP contribution in [0.4, 0.5) is 13.2 Å². The highest BCUT2D eigenvalue weighted by molar-refractivity contribution is 5.77. The van der Waals surface area contributed by atoms with Gasteiger partial charge < -0.3 is 10.1 Å². The van der Waals surface area contributed by atoms with Crippen molar-refractivity contribution in [3.63, 3.8) is 0 Å². The van der Waals surface area contributed by atoms with E-state index in [0.29, 0.717) is 6.42 Å². The number of benzene rings is 1. The quantitative estimate of drug-likeness (QED) is 0.831. The Morgan fingerprint density at radius 2 is 2.05 bits per heavy atom. The Kier molecular flexibility index (Phi) is 5.11. The average molecular weight is 313 g/mol. The summed E-state index contributed by atoms with van der Waals surface area (Å²) in [5, 5.41) is 2.85. The molecular weight excluding hydrogens is 295 g/mol. The summed E-state index contributed by atoms with van der Waals surface area (Å²) >= 11 is 0. The molecule has 0 spiro atoms. The van der Waals surface area contributed by atoms with Crippen LogP contribution in [-0.4, -0.2) is 12.3 Å². The molecule has 0 aliphatic heterocycles. The molecule has 0 saturated heterocycles. The Balaban J connectivity index is 1.87. The van der Waals surface area contributed by atoms with E-state index in [1.165, 1.54) is 24.3 Å². The van der Waals surface area contributed by atoms with Crippen molar-refractivity contribution in [2.75, 3.05) is 0 Å². The number of carbonyl (C=O) groups is 1. The van der Waals surface area contributed by atoms with Gasteiger partial charge in [-0.1, -0.05) is 24.3 Å². The molecule has 22 heavy (non-hydrogen) atoms. The zero-order valence-corrected chi connectivity index (χ0v) is 12.2. The standard InChI is InChI=1S/C16H18F3NO2/c1-11(20-15(21)10-12-4-2-3-5-12)13-6-8-14(9-7-13)22-16(17,18)19/h2,4,6-9,11-12H,3,5,10H2,1H3,(H,20,21)/t11-,12+/m0/s1. The molecule has 0 heterocycles. The van der Waals surface area contributed by atoms with Crippen LogP contribution >= 0.6 is 0 Å². The second-order valence-electron chi connectivity index (χ2n) is 5.38. The summed E-state index contributed by atoms with van der Waals surface area (Å²) in [5.41, 5.74) is 0.727. The molecule has 120 valence electrons. The molecular formula is C16H18F3NO2. The number of halogens is 3. The first kappa shape index (κ1) is 16.4. The van der Waals surface area contributed by atoms with Crippen LogP contribution in [0.3, 0.4) is 0 Å². The third-order valence-corrected chi connectivity index (χ3v) is 3.55. The van der Waals surface area contributed by atoms with E-state index in [4.69, 9.17) is 0 Å². The summed E-state index contributed by atoms with van der Waals surface area (Å²) in [7, 11) is 0. The van der Waals surface area contributed by atoms with Crippen LogP contribution in [0.15, 0.2) is 36.4 Å². The molecule has 1 amide bonds. The molecule has 0 bridgehead atoms. The SMILES string of the molecule is C[C@H](NC(=O)C[C@@H]1C=CCC1)c1ccc(OC(F)(F)F)cc1. The van der Waals surface area contributed by atoms with Crippen molar-refractivity contribution >= 4 is 5.91 Å². The molecule has 0 saturated carbocycles. The molecule has 0 radical (unpaired) electrons. The summed E-state index contributed by atoms with van der Waals surface area (Å²) in [5.74, 6) is -0.0414. The number of alkyl halides is 3. The Morgan fingerprint density at radius 3 is 2.59 bits per heavy atom. The monoisotopic (exact) mass is 313 g/mol. The van der Waals surface area contributed by atoms with Crippen LogP contribution < -0.4 is 10.1 Å². The van der Waals surface area contributed by atoms with E-state index in [9.17, 15) is 18.0 Å². The van der Waals surface area contributed by atoms with E-state index < -0.39 is 6.36 Å². The maximum Gasteiger partial charge on any atom is 0.573 e. The van der Waals surface area contributed by atoms with Gasteiger partial charge in [0, 0.05) is 6.42 Å². The fourth-order valence-electron chi connectivity index (χ4n) is 2.45. The third-order valence-electron chi connectivity index (χ3n) is 3.55. The van der Waals surface area contributed by atoms with E-state index in [1.807, 2.05) is 6.08 Å². The smallest absolute Gasteiger partial charge is 0.406 e. The highest BCUT2D eigenvalue weighted by atomic mass is 19.4. The summed E-state index contributed by atoms with van der Waals surface area (Å²) in [6.45, 7) is 1.79. The van der Waals surface area contributed by atoms with Gasteiger partial charge in [-0.05, 0) is 43.4 Å². The number of hydrogen-bond acceptors (Lipinski definition) is 2. The third kappa shape index (κ3) is 5.09. The van der Waals surface area contributed by atoms with Crippen molar-refractivity contribution in [3.8, 4) is 5.75 Å². The van der Waals surface area contributed by atoms with Crippen molar-refractivity contribution in [3.05, 3.63) is 42.0 Å². The van der Waals surface area contributed by atoms with Gasteiger partial charge in [0.2, 0.25) is 5.91 Å². The topological polar surface area (TPSA) is 38.3 Å². The van der Waals surface area contributed by atoms with Gasteiger partial charge in [0.1, 0.15) is 5.75 Å². The fraction of sp³-hybridized carbons (Fsp3) is 0.438. The second kappa shape index (κ2) is 6.85. The first-order chi connectivity index (χ1) is 10.3. The van der Waals surface area contributed by atoms with Gasteiger partial charge in [0.25, 0.3) is 0 Å². The maximum atomic E-state index is 12.1. The van der Waals surface area contributed by atoms with Crippen molar-refractivity contribution in [2.24, 2.45) is 5.92 Å². The molecule has 1 aliphatic carbocycles. The van der Waals surface area contributed by atoms with E-state index >= 15 is 0 Å². The Morgan fingerprint density at radius 1 is 1.36 bits per heavy atom. The molecule has 1 aliphatic rings. The lowest BCUT2D eigenvalue weighted by Crippen LogP contribution is -2.27. The van der Waals surface area contributed by atoms with Crippen LogP contribution in [0.1, 0.15) is 37.8 Å². The van der Waals surface area contributed by atoms with Crippen molar-refractivity contribution in [2.45, 2.75) is 38.6 Å². The van der Waals surface area contributed by atoms with E-state index in [-0.39, 0.29) is 23.6 Å². The number of hydrogen-bond donors (Lipinski definition) is 1. The van der Waals surface area contributed by atoms with Crippen LogP contribution in [-0.2, 0) is 4.79 Å². The number of rotatable bonds is 5. The molecule has 0 unspecified atom stereocenters. The first-order valence-electron chi connectivity index (χ1n) is 7.15. The molecule has 1 aromatic carbocycles. The van der Waals surface area contributed by atoms with Gasteiger partial charge in [-0.25, -0.2) is 0 Å². The lowest BCUT2D eigenvalue weighted by Gasteiger charge is -2.16. The summed E-state index contributed by atoms with van der Waals surface area (Å²) in [6.07, 6.45) is 1.86. The Bertz CT molecular complexity index is 537. The predicted molar refractivity (Wildman–Crippen MR) is 76.2 cm³/mol. The fourth-order valence-corrected chi connectivity index (χ4v) is 2.45. The molecule has 6 heteroatoms. The van der Waals surface area contributed by atoms with Gasteiger partial charge in [-0.2, -0.15) is 0 Å². The minimum absolute atomic E-state index is 0.0559. The summed E-state index contributed by atoms with van der Waals surface area (Å²) in [6, 6.07) is 5.25. The van der Waals surface area contributed by atoms with Gasteiger partial charge >= 0.3 is 6.36 Å². The van der Waals surface area contributed by atoms with E-state index in [1.54, 1.807) is 6.92 Å². The van der Waals surface area contributed by atoms with E-state index in [2.05, 4.69) is 16.1 Å². The number of allylic oxidation sites excluding steroid dienone is 2. The average Bonchev–Trinajstić information content (AvgIpc) is 2.90. The highest BCUT2D eigenvalue weighted by Crippen LogP contribution is 2.25. The normalized spacial score (nSPS) is 19.0. The summed E-state index contributed by atoms with van der Waals surface area (Å²) < 4.78 is 40.1.